The molecular weight excluding hydrogens is 276 g/mol. The molecule has 1 saturated heterocycles. The fourth-order valence-electron chi connectivity index (χ4n) is 2.74. The molecule has 0 unspecified atom stereocenters. The van der Waals surface area contributed by atoms with E-state index in [0.29, 0.717) is 19.3 Å². The van der Waals surface area contributed by atoms with Gasteiger partial charge in [-0.3, -0.25) is 4.79 Å². The van der Waals surface area contributed by atoms with Gasteiger partial charge in [0.05, 0.1) is 30.8 Å². The average Bonchev–Trinajstić information content (AvgIpc) is 2.40. The van der Waals surface area contributed by atoms with E-state index < -0.39 is 23.6 Å². The summed E-state index contributed by atoms with van der Waals surface area (Å²) >= 11 is 0. The minimum Gasteiger partial charge on any atom is -0.481 e. The SMILES string of the molecule is CC[C@@H](O)C[C@@H]1C[C@H](OCOC)C(C)(C)[C@H](CC(=O)O)O1. The Kier molecular flexibility index (Phi) is 7.06. The fraction of sp³-hybridized carbons (Fsp3) is 0.933. The first kappa shape index (κ1) is 18.4. The number of hydrogen-bond donors (Lipinski definition) is 2. The molecule has 1 aliphatic heterocycles. The summed E-state index contributed by atoms with van der Waals surface area (Å²) in [6.07, 6.45) is 0.460. The molecule has 0 spiro atoms. The maximum atomic E-state index is 11.1. The van der Waals surface area contributed by atoms with Gasteiger partial charge in [0.2, 0.25) is 0 Å². The third-order valence-corrected chi connectivity index (χ3v) is 4.25. The van der Waals surface area contributed by atoms with Crippen LogP contribution in [0.5, 0.6) is 0 Å². The number of rotatable bonds is 8. The van der Waals surface area contributed by atoms with Crippen LogP contribution in [0.1, 0.15) is 46.5 Å². The Morgan fingerprint density at radius 1 is 1.48 bits per heavy atom. The second kappa shape index (κ2) is 8.08. The maximum absolute atomic E-state index is 11.1. The standard InChI is InChI=1S/C15H28O6/c1-5-10(16)6-11-7-12(20-9-19-4)15(2,3)13(21-11)8-14(17)18/h10-13,16H,5-9H2,1-4H3,(H,17,18)/t10-,11-,12+,13+/m1/s1. The van der Waals surface area contributed by atoms with Crippen LogP contribution < -0.4 is 0 Å². The van der Waals surface area contributed by atoms with Crippen molar-refractivity contribution < 1.29 is 29.2 Å². The van der Waals surface area contributed by atoms with Gasteiger partial charge in [0, 0.05) is 18.9 Å². The Hall–Kier alpha value is -0.690. The number of hydrogen-bond acceptors (Lipinski definition) is 5. The van der Waals surface area contributed by atoms with Crippen LogP contribution in [-0.2, 0) is 19.0 Å². The number of aliphatic hydroxyl groups is 1. The van der Waals surface area contributed by atoms with E-state index in [1.165, 1.54) is 0 Å². The van der Waals surface area contributed by atoms with Crippen LogP contribution in [0.2, 0.25) is 0 Å². The third kappa shape index (κ3) is 5.21. The lowest BCUT2D eigenvalue weighted by atomic mass is 9.74. The Morgan fingerprint density at radius 3 is 2.67 bits per heavy atom. The van der Waals surface area contributed by atoms with Gasteiger partial charge in [-0.15, -0.1) is 0 Å². The lowest BCUT2D eigenvalue weighted by Gasteiger charge is -2.47. The summed E-state index contributed by atoms with van der Waals surface area (Å²) in [7, 11) is 1.55. The number of ether oxygens (including phenoxy) is 3. The van der Waals surface area contributed by atoms with Crippen molar-refractivity contribution in [1.82, 2.24) is 0 Å². The van der Waals surface area contributed by atoms with Crippen LogP contribution in [0.3, 0.4) is 0 Å². The molecule has 0 radical (unpaired) electrons. The molecule has 1 rings (SSSR count). The highest BCUT2D eigenvalue weighted by atomic mass is 16.7. The second-order valence-electron chi connectivity index (χ2n) is 6.26. The number of carbonyl (C=O) groups is 1. The molecule has 0 amide bonds. The molecular formula is C15H28O6. The van der Waals surface area contributed by atoms with Crippen LogP contribution in [-0.4, -0.2) is 54.5 Å². The molecule has 0 saturated carbocycles. The topological polar surface area (TPSA) is 85.2 Å². The second-order valence-corrected chi connectivity index (χ2v) is 6.26. The first-order valence-corrected chi connectivity index (χ1v) is 7.47. The van der Waals surface area contributed by atoms with E-state index in [1.54, 1.807) is 7.11 Å². The number of methoxy groups -OCH3 is 1. The van der Waals surface area contributed by atoms with Crippen molar-refractivity contribution in [2.45, 2.75) is 70.9 Å². The van der Waals surface area contributed by atoms with E-state index in [9.17, 15) is 9.90 Å². The summed E-state index contributed by atoms with van der Waals surface area (Å²) in [5.41, 5.74) is -0.426. The van der Waals surface area contributed by atoms with Gasteiger partial charge < -0.3 is 24.4 Å². The van der Waals surface area contributed by atoms with Gasteiger partial charge in [0.25, 0.3) is 0 Å². The summed E-state index contributed by atoms with van der Waals surface area (Å²) < 4.78 is 16.6. The first-order valence-electron chi connectivity index (χ1n) is 7.47. The van der Waals surface area contributed by atoms with E-state index in [2.05, 4.69) is 0 Å². The first-order chi connectivity index (χ1) is 9.81. The molecule has 2 N–H and O–H groups in total. The van der Waals surface area contributed by atoms with E-state index >= 15 is 0 Å². The summed E-state index contributed by atoms with van der Waals surface area (Å²) in [4.78, 5) is 11.1. The molecule has 1 heterocycles. The highest BCUT2D eigenvalue weighted by molar-refractivity contribution is 5.67. The van der Waals surface area contributed by atoms with Gasteiger partial charge in [0.15, 0.2) is 0 Å². The molecule has 0 aromatic rings. The molecule has 1 fully saturated rings. The van der Waals surface area contributed by atoms with Gasteiger partial charge in [-0.1, -0.05) is 20.8 Å². The molecule has 0 aliphatic carbocycles. The van der Waals surface area contributed by atoms with Gasteiger partial charge in [-0.2, -0.15) is 0 Å². The van der Waals surface area contributed by atoms with Gasteiger partial charge in [-0.05, 0) is 12.8 Å². The van der Waals surface area contributed by atoms with Crippen molar-refractivity contribution in [2.75, 3.05) is 13.9 Å². The molecule has 0 aromatic carbocycles. The number of carboxylic acids is 1. The minimum atomic E-state index is -0.893. The smallest absolute Gasteiger partial charge is 0.306 e. The van der Waals surface area contributed by atoms with Gasteiger partial charge in [-0.25, -0.2) is 0 Å². The summed E-state index contributed by atoms with van der Waals surface area (Å²) in [5, 5.41) is 18.9. The quantitative estimate of drug-likeness (QED) is 0.665. The maximum Gasteiger partial charge on any atom is 0.306 e. The normalized spacial score (nSPS) is 30.0. The highest BCUT2D eigenvalue weighted by Gasteiger charge is 2.46. The Labute approximate surface area is 126 Å². The van der Waals surface area contributed by atoms with Crippen molar-refractivity contribution in [3.63, 3.8) is 0 Å². The van der Waals surface area contributed by atoms with Crippen molar-refractivity contribution in [3.05, 3.63) is 0 Å². The van der Waals surface area contributed by atoms with Crippen molar-refractivity contribution in [1.29, 1.82) is 0 Å². The lowest BCUT2D eigenvalue weighted by Crippen LogP contribution is -2.52. The van der Waals surface area contributed by atoms with Crippen molar-refractivity contribution in [3.8, 4) is 0 Å². The summed E-state index contributed by atoms with van der Waals surface area (Å²) in [5.74, 6) is -0.893. The predicted octanol–water partition coefficient (Wildman–Crippen LogP) is 1.79. The molecule has 124 valence electrons. The largest absolute Gasteiger partial charge is 0.481 e. The zero-order chi connectivity index (χ0) is 16.0. The molecule has 4 atom stereocenters. The molecule has 0 bridgehead atoms. The van der Waals surface area contributed by atoms with Crippen LogP contribution in [0.4, 0.5) is 0 Å². The summed E-state index contributed by atoms with van der Waals surface area (Å²) in [6, 6.07) is 0. The molecule has 1 aliphatic rings. The Bertz CT molecular complexity index is 330. The molecule has 0 aromatic heterocycles. The fourth-order valence-corrected chi connectivity index (χ4v) is 2.74. The van der Waals surface area contributed by atoms with Crippen molar-refractivity contribution >= 4 is 5.97 Å². The average molecular weight is 304 g/mol. The zero-order valence-electron chi connectivity index (χ0n) is 13.4. The number of aliphatic hydroxyl groups excluding tert-OH is 1. The zero-order valence-corrected chi connectivity index (χ0v) is 13.4. The van der Waals surface area contributed by atoms with Gasteiger partial charge >= 0.3 is 5.97 Å². The Balaban J connectivity index is 2.81. The van der Waals surface area contributed by atoms with E-state index in [1.807, 2.05) is 20.8 Å². The van der Waals surface area contributed by atoms with Crippen LogP contribution in [0.15, 0.2) is 0 Å². The van der Waals surface area contributed by atoms with E-state index in [0.717, 1.165) is 0 Å². The Morgan fingerprint density at radius 2 is 2.14 bits per heavy atom. The third-order valence-electron chi connectivity index (χ3n) is 4.25. The molecule has 6 nitrogen and oxygen atoms in total. The van der Waals surface area contributed by atoms with Crippen molar-refractivity contribution in [2.24, 2.45) is 5.41 Å². The summed E-state index contributed by atoms with van der Waals surface area (Å²) in [6.45, 7) is 5.98. The minimum absolute atomic E-state index is 0.0709. The van der Waals surface area contributed by atoms with Crippen LogP contribution in [0.25, 0.3) is 0 Å². The monoisotopic (exact) mass is 304 g/mol. The lowest BCUT2D eigenvalue weighted by molar-refractivity contribution is -0.218. The van der Waals surface area contributed by atoms with Crippen LogP contribution >= 0.6 is 0 Å². The van der Waals surface area contributed by atoms with Crippen LogP contribution in [0, 0.1) is 5.41 Å². The van der Waals surface area contributed by atoms with E-state index in [4.69, 9.17) is 19.3 Å². The highest BCUT2D eigenvalue weighted by Crippen LogP contribution is 2.40. The number of carboxylic acid groups (broad SMARTS) is 1. The number of aliphatic carboxylic acids is 1. The predicted molar refractivity (Wildman–Crippen MR) is 77.0 cm³/mol. The molecule has 21 heavy (non-hydrogen) atoms. The van der Waals surface area contributed by atoms with E-state index in [-0.39, 0.29) is 25.4 Å². The molecule has 6 heteroatoms. The van der Waals surface area contributed by atoms with Gasteiger partial charge in [0.1, 0.15) is 6.79 Å².